The Morgan fingerprint density at radius 2 is 1.62 bits per heavy atom. The average Bonchev–Trinajstić information content (AvgIpc) is 2.20. The highest BCUT2D eigenvalue weighted by Gasteiger charge is 2.03. The molecule has 82 valence electrons. The maximum atomic E-state index is 5.56. The molecule has 0 spiro atoms. The van der Waals surface area contributed by atoms with Gasteiger partial charge in [0.1, 0.15) is 17.5 Å². The van der Waals surface area contributed by atoms with E-state index >= 15 is 0 Å². The molecule has 7 heteroatoms. The first-order chi connectivity index (χ1) is 7.63. The van der Waals surface area contributed by atoms with Crippen LogP contribution in [0.25, 0.3) is 0 Å². The highest BCUT2D eigenvalue weighted by atomic mass is 32.2. The molecule has 0 aliphatic rings. The van der Waals surface area contributed by atoms with Crippen LogP contribution in [0.1, 0.15) is 0 Å². The minimum Gasteiger partial charge on any atom is -0.384 e. The van der Waals surface area contributed by atoms with E-state index in [1.54, 1.807) is 12.3 Å². The quantitative estimate of drug-likeness (QED) is 0.657. The van der Waals surface area contributed by atoms with Crippen molar-refractivity contribution in [1.82, 2.24) is 15.0 Å². The van der Waals surface area contributed by atoms with Gasteiger partial charge in [-0.2, -0.15) is 0 Å². The van der Waals surface area contributed by atoms with E-state index in [-0.39, 0.29) is 0 Å². The van der Waals surface area contributed by atoms with Crippen molar-refractivity contribution < 1.29 is 0 Å². The Hall–Kier alpha value is -2.02. The first kappa shape index (κ1) is 10.5. The van der Waals surface area contributed by atoms with Crippen molar-refractivity contribution in [2.75, 3.05) is 17.2 Å². The molecule has 0 aliphatic heterocycles. The lowest BCUT2D eigenvalue weighted by Crippen LogP contribution is -1.99. The second-order valence-corrected chi connectivity index (χ2v) is 4.06. The Balaban J connectivity index is 2.23. The molecular weight excluding hydrogens is 224 g/mol. The fraction of sp³-hybridized carbons (Fsp3) is 0. The fourth-order valence-electron chi connectivity index (χ4n) is 1.07. The minimum atomic E-state index is 0.346. The number of nitrogen functional groups attached to an aromatic ring is 3. The number of rotatable bonds is 2. The van der Waals surface area contributed by atoms with Gasteiger partial charge in [-0.25, -0.2) is 15.0 Å². The summed E-state index contributed by atoms with van der Waals surface area (Å²) in [5, 5.41) is 0.490. The summed E-state index contributed by atoms with van der Waals surface area (Å²) in [4.78, 5) is 12.9. The molecule has 0 amide bonds. The maximum Gasteiger partial charge on any atom is 0.196 e. The molecule has 0 fully saturated rings. The van der Waals surface area contributed by atoms with Crippen LogP contribution >= 0.6 is 11.8 Å². The Morgan fingerprint density at radius 1 is 0.938 bits per heavy atom. The van der Waals surface area contributed by atoms with Crippen LogP contribution in [0.2, 0.25) is 0 Å². The predicted octanol–water partition coefficient (Wildman–Crippen LogP) is 0.769. The van der Waals surface area contributed by atoms with Crippen LogP contribution in [0.3, 0.4) is 0 Å². The topological polar surface area (TPSA) is 117 Å². The second-order valence-electron chi connectivity index (χ2n) is 3.02. The molecule has 0 saturated heterocycles. The van der Waals surface area contributed by atoms with Gasteiger partial charge in [-0.15, -0.1) is 0 Å². The summed E-state index contributed by atoms with van der Waals surface area (Å²) in [6.07, 6.45) is 1.64. The van der Waals surface area contributed by atoms with Crippen molar-refractivity contribution in [3.05, 3.63) is 24.4 Å². The molecule has 2 aromatic rings. The second kappa shape index (κ2) is 4.23. The normalized spacial score (nSPS) is 10.2. The van der Waals surface area contributed by atoms with E-state index in [1.807, 2.05) is 6.07 Å². The third kappa shape index (κ3) is 2.51. The van der Waals surface area contributed by atoms with Crippen molar-refractivity contribution >= 4 is 29.2 Å². The molecule has 0 aliphatic carbocycles. The van der Waals surface area contributed by atoms with E-state index in [0.29, 0.717) is 22.6 Å². The van der Waals surface area contributed by atoms with Crippen LogP contribution in [-0.2, 0) is 0 Å². The van der Waals surface area contributed by atoms with Crippen molar-refractivity contribution in [1.29, 1.82) is 0 Å². The molecule has 0 radical (unpaired) electrons. The zero-order chi connectivity index (χ0) is 11.5. The Kier molecular flexibility index (Phi) is 2.78. The summed E-state index contributed by atoms with van der Waals surface area (Å²) in [6.45, 7) is 0. The molecule has 6 N–H and O–H groups in total. The zero-order valence-corrected chi connectivity index (χ0v) is 9.11. The van der Waals surface area contributed by atoms with E-state index in [9.17, 15) is 0 Å². The van der Waals surface area contributed by atoms with Gasteiger partial charge in [0, 0.05) is 17.2 Å². The largest absolute Gasteiger partial charge is 0.384 e. The number of anilines is 3. The summed E-state index contributed by atoms with van der Waals surface area (Å²) in [5.74, 6) is 1.16. The van der Waals surface area contributed by atoms with E-state index in [2.05, 4.69) is 15.0 Å². The number of aromatic nitrogens is 3. The van der Waals surface area contributed by atoms with E-state index < -0.39 is 0 Å². The van der Waals surface area contributed by atoms with Gasteiger partial charge >= 0.3 is 0 Å². The van der Waals surface area contributed by atoms with Gasteiger partial charge in [-0.3, -0.25) is 0 Å². The minimum absolute atomic E-state index is 0.346. The molecule has 0 bridgehead atoms. The summed E-state index contributed by atoms with van der Waals surface area (Å²) >= 11 is 1.32. The lowest BCUT2D eigenvalue weighted by Gasteiger charge is -2.02. The monoisotopic (exact) mass is 234 g/mol. The molecule has 0 unspecified atom stereocenters. The van der Waals surface area contributed by atoms with E-state index in [4.69, 9.17) is 17.2 Å². The summed E-state index contributed by atoms with van der Waals surface area (Å²) in [6, 6.07) is 5.04. The number of nitrogens with two attached hydrogens (primary N) is 3. The highest BCUT2D eigenvalue weighted by Crippen LogP contribution is 2.25. The van der Waals surface area contributed by atoms with Gasteiger partial charge in [-0.1, -0.05) is 0 Å². The summed E-state index contributed by atoms with van der Waals surface area (Å²) in [7, 11) is 0. The Bertz CT molecular complexity index is 478. The van der Waals surface area contributed by atoms with Crippen molar-refractivity contribution in [3.63, 3.8) is 0 Å². The Morgan fingerprint density at radius 3 is 2.19 bits per heavy atom. The van der Waals surface area contributed by atoms with Crippen LogP contribution < -0.4 is 17.2 Å². The number of hydrogen-bond donors (Lipinski definition) is 3. The van der Waals surface area contributed by atoms with Gasteiger partial charge < -0.3 is 17.2 Å². The van der Waals surface area contributed by atoms with Gasteiger partial charge in [0.25, 0.3) is 0 Å². The lowest BCUT2D eigenvalue weighted by molar-refractivity contribution is 0.983. The molecule has 16 heavy (non-hydrogen) atoms. The molecule has 6 nitrogen and oxygen atoms in total. The highest BCUT2D eigenvalue weighted by molar-refractivity contribution is 7.99. The molecular formula is C9H10N6S. The number of nitrogens with zero attached hydrogens (tertiary/aromatic N) is 3. The van der Waals surface area contributed by atoms with Crippen LogP contribution in [0, 0.1) is 0 Å². The maximum absolute atomic E-state index is 5.56. The lowest BCUT2D eigenvalue weighted by atomic mass is 10.5. The molecule has 2 aromatic heterocycles. The van der Waals surface area contributed by atoms with E-state index in [1.165, 1.54) is 17.8 Å². The first-order valence-corrected chi connectivity index (χ1v) is 5.24. The van der Waals surface area contributed by atoms with Crippen LogP contribution in [0.4, 0.5) is 17.5 Å². The number of hydrogen-bond acceptors (Lipinski definition) is 7. The zero-order valence-electron chi connectivity index (χ0n) is 8.29. The SMILES string of the molecule is Nc1ccc(Sc2nc(N)cc(N)n2)cn1. The first-order valence-electron chi connectivity index (χ1n) is 4.43. The molecule has 2 heterocycles. The summed E-state index contributed by atoms with van der Waals surface area (Å²) in [5.41, 5.74) is 16.6. The fourth-order valence-corrected chi connectivity index (χ4v) is 1.82. The molecule has 2 rings (SSSR count). The van der Waals surface area contributed by atoms with E-state index in [0.717, 1.165) is 4.90 Å². The standard InChI is InChI=1S/C9H10N6S/c10-6-2-1-5(4-13-6)16-9-14-7(11)3-8(12)15-9/h1-4H,(H2,10,13)(H4,11,12,14,15). The van der Waals surface area contributed by atoms with Gasteiger partial charge in [0.15, 0.2) is 5.16 Å². The van der Waals surface area contributed by atoms with Gasteiger partial charge in [0.2, 0.25) is 0 Å². The van der Waals surface area contributed by atoms with Crippen LogP contribution in [0.5, 0.6) is 0 Å². The smallest absolute Gasteiger partial charge is 0.196 e. The molecule has 0 atom stereocenters. The van der Waals surface area contributed by atoms with Gasteiger partial charge in [-0.05, 0) is 23.9 Å². The Labute approximate surface area is 96.3 Å². The third-order valence-corrected chi connectivity index (χ3v) is 2.56. The molecule has 0 aromatic carbocycles. The van der Waals surface area contributed by atoms with Crippen molar-refractivity contribution in [3.8, 4) is 0 Å². The average molecular weight is 234 g/mol. The van der Waals surface area contributed by atoms with Crippen molar-refractivity contribution in [2.24, 2.45) is 0 Å². The summed E-state index contributed by atoms with van der Waals surface area (Å²) < 4.78 is 0. The third-order valence-electron chi connectivity index (χ3n) is 1.71. The van der Waals surface area contributed by atoms with Crippen LogP contribution in [-0.4, -0.2) is 15.0 Å². The predicted molar refractivity (Wildman–Crippen MR) is 63.6 cm³/mol. The van der Waals surface area contributed by atoms with Crippen LogP contribution in [0.15, 0.2) is 34.4 Å². The van der Waals surface area contributed by atoms with Gasteiger partial charge in [0.05, 0.1) is 0 Å². The molecule has 0 saturated carbocycles. The van der Waals surface area contributed by atoms with Crippen molar-refractivity contribution in [2.45, 2.75) is 10.1 Å². The number of pyridine rings is 1.